The quantitative estimate of drug-likeness (QED) is 0.502. The van der Waals surface area contributed by atoms with E-state index in [1.165, 1.54) is 27.8 Å². The summed E-state index contributed by atoms with van der Waals surface area (Å²) in [6.07, 6.45) is 0.601. The molecule has 1 aliphatic heterocycles. The summed E-state index contributed by atoms with van der Waals surface area (Å²) in [5.41, 5.74) is 2.43. The number of sulfonamides is 1. The lowest BCUT2D eigenvalue weighted by molar-refractivity contribution is 0.384. The maximum absolute atomic E-state index is 13.7. The van der Waals surface area contributed by atoms with Crippen molar-refractivity contribution in [1.82, 2.24) is 9.29 Å². The Morgan fingerprint density at radius 3 is 2.52 bits per heavy atom. The highest BCUT2D eigenvalue weighted by Gasteiger charge is 2.30. The molecule has 4 rings (SSSR count). The molecule has 1 saturated heterocycles. The van der Waals surface area contributed by atoms with Crippen molar-refractivity contribution in [3.8, 4) is 11.5 Å². The van der Waals surface area contributed by atoms with E-state index in [1.54, 1.807) is 21.1 Å². The van der Waals surface area contributed by atoms with Gasteiger partial charge in [0, 0.05) is 43.5 Å². The zero-order valence-corrected chi connectivity index (χ0v) is 20.4. The van der Waals surface area contributed by atoms with Gasteiger partial charge in [0.1, 0.15) is 17.3 Å². The first-order chi connectivity index (χ1) is 15.8. The van der Waals surface area contributed by atoms with Crippen LogP contribution in [-0.2, 0) is 16.4 Å². The van der Waals surface area contributed by atoms with Gasteiger partial charge in [-0.15, -0.1) is 11.3 Å². The molecule has 0 spiro atoms. The van der Waals surface area contributed by atoms with Gasteiger partial charge in [0.25, 0.3) is 0 Å². The van der Waals surface area contributed by atoms with Gasteiger partial charge in [0.05, 0.1) is 24.8 Å². The Labute approximate surface area is 197 Å². The molecule has 10 heteroatoms. The summed E-state index contributed by atoms with van der Waals surface area (Å²) in [5, 5.41) is 2.86. The molecule has 1 fully saturated rings. The molecule has 2 heterocycles. The first-order valence-corrected chi connectivity index (χ1v) is 12.8. The van der Waals surface area contributed by atoms with Crippen molar-refractivity contribution in [3.63, 3.8) is 0 Å². The number of piperazine rings is 1. The van der Waals surface area contributed by atoms with Gasteiger partial charge in [0.2, 0.25) is 10.0 Å². The van der Waals surface area contributed by atoms with E-state index < -0.39 is 15.8 Å². The molecule has 33 heavy (non-hydrogen) atoms. The second kappa shape index (κ2) is 9.66. The van der Waals surface area contributed by atoms with E-state index in [0.29, 0.717) is 38.2 Å². The van der Waals surface area contributed by atoms with Crippen LogP contribution in [0.15, 0.2) is 46.7 Å². The normalized spacial score (nSPS) is 15.0. The van der Waals surface area contributed by atoms with E-state index in [-0.39, 0.29) is 4.90 Å². The van der Waals surface area contributed by atoms with Crippen molar-refractivity contribution in [2.75, 3.05) is 45.3 Å². The maximum atomic E-state index is 13.7. The van der Waals surface area contributed by atoms with Gasteiger partial charge < -0.3 is 14.4 Å². The van der Waals surface area contributed by atoms with E-state index >= 15 is 0 Å². The zero-order chi connectivity index (χ0) is 23.6. The van der Waals surface area contributed by atoms with Gasteiger partial charge in [-0.05, 0) is 42.8 Å². The lowest BCUT2D eigenvalue weighted by Gasteiger charge is -2.34. The molecule has 0 N–H and O–H groups in total. The summed E-state index contributed by atoms with van der Waals surface area (Å²) in [7, 11) is -0.484. The average molecular weight is 492 g/mol. The number of nitrogens with zero attached hydrogens (tertiary/aromatic N) is 3. The van der Waals surface area contributed by atoms with Gasteiger partial charge >= 0.3 is 0 Å². The molecule has 0 radical (unpaired) electrons. The Bertz CT molecular complexity index is 1240. The van der Waals surface area contributed by atoms with E-state index in [1.807, 2.05) is 23.6 Å². The highest BCUT2D eigenvalue weighted by molar-refractivity contribution is 7.89. The smallest absolute Gasteiger partial charge is 0.243 e. The molecule has 0 amide bonds. The van der Waals surface area contributed by atoms with E-state index in [2.05, 4.69) is 4.90 Å². The Kier molecular flexibility index (Phi) is 6.87. The molecule has 0 aliphatic carbocycles. The monoisotopic (exact) mass is 491 g/mol. The molecule has 2 aromatic carbocycles. The fourth-order valence-corrected chi connectivity index (χ4v) is 6.39. The third-order valence-electron chi connectivity index (χ3n) is 5.68. The second-order valence-corrected chi connectivity index (χ2v) is 10.5. The minimum atomic E-state index is -3.75. The van der Waals surface area contributed by atoms with Crippen molar-refractivity contribution >= 4 is 26.5 Å². The van der Waals surface area contributed by atoms with Gasteiger partial charge in [0.15, 0.2) is 5.13 Å². The van der Waals surface area contributed by atoms with Gasteiger partial charge in [-0.2, -0.15) is 4.31 Å². The van der Waals surface area contributed by atoms with Crippen LogP contribution in [0.4, 0.5) is 9.52 Å². The lowest BCUT2D eigenvalue weighted by Crippen LogP contribution is -2.48. The number of aromatic nitrogens is 1. The fraction of sp³-hybridized carbons (Fsp3) is 0.348. The van der Waals surface area contributed by atoms with Crippen LogP contribution in [-0.4, -0.2) is 58.1 Å². The van der Waals surface area contributed by atoms with Crippen LogP contribution in [0, 0.1) is 12.7 Å². The van der Waals surface area contributed by atoms with E-state index in [4.69, 9.17) is 14.5 Å². The van der Waals surface area contributed by atoms with Gasteiger partial charge in [-0.1, -0.05) is 6.07 Å². The summed E-state index contributed by atoms with van der Waals surface area (Å²) >= 11 is 1.53. The molecule has 0 saturated carbocycles. The van der Waals surface area contributed by atoms with Gasteiger partial charge in [-0.25, -0.2) is 17.8 Å². The van der Waals surface area contributed by atoms with Crippen LogP contribution < -0.4 is 14.4 Å². The molecule has 0 atom stereocenters. The van der Waals surface area contributed by atoms with Gasteiger partial charge in [-0.3, -0.25) is 0 Å². The Hall–Kier alpha value is -2.69. The number of ether oxygens (including phenoxy) is 2. The topological polar surface area (TPSA) is 72.0 Å². The largest absolute Gasteiger partial charge is 0.497 e. The minimum Gasteiger partial charge on any atom is -0.497 e. The van der Waals surface area contributed by atoms with Crippen LogP contribution in [0.3, 0.4) is 0 Å². The molecule has 3 aromatic rings. The maximum Gasteiger partial charge on any atom is 0.243 e. The number of halogens is 1. The first-order valence-electron chi connectivity index (χ1n) is 10.5. The van der Waals surface area contributed by atoms with Crippen molar-refractivity contribution in [3.05, 3.63) is 64.4 Å². The second-order valence-electron chi connectivity index (χ2n) is 7.78. The molecule has 0 bridgehead atoms. The predicted molar refractivity (Wildman–Crippen MR) is 127 cm³/mol. The standard InChI is InChI=1S/C23H26FN3O4S2/c1-16-4-5-18(24)14-22(16)33(28,29)27-10-8-26(9-11-27)23-25-19(15-32-23)12-17-13-20(30-2)6-7-21(17)31-3/h4-7,13-15H,8-12H2,1-3H3. The number of thiazole rings is 1. The number of rotatable bonds is 7. The fourth-order valence-electron chi connectivity index (χ4n) is 3.85. The van der Waals surface area contributed by atoms with Crippen molar-refractivity contribution in [1.29, 1.82) is 0 Å². The summed E-state index contributed by atoms with van der Waals surface area (Å²) in [4.78, 5) is 6.87. The molecule has 0 unspecified atom stereocenters. The Morgan fingerprint density at radius 2 is 1.82 bits per heavy atom. The van der Waals surface area contributed by atoms with Crippen LogP contribution in [0.1, 0.15) is 16.8 Å². The Morgan fingerprint density at radius 1 is 1.06 bits per heavy atom. The van der Waals surface area contributed by atoms with Crippen molar-refractivity contribution < 1.29 is 22.3 Å². The molecule has 176 valence electrons. The number of hydrogen-bond donors (Lipinski definition) is 0. The minimum absolute atomic E-state index is 0.0275. The van der Waals surface area contributed by atoms with Crippen LogP contribution >= 0.6 is 11.3 Å². The van der Waals surface area contributed by atoms with Crippen LogP contribution in [0.25, 0.3) is 0 Å². The third-order valence-corrected chi connectivity index (χ3v) is 8.67. The highest BCUT2D eigenvalue weighted by Crippen LogP contribution is 2.29. The number of hydrogen-bond acceptors (Lipinski definition) is 7. The first kappa shape index (κ1) is 23.5. The highest BCUT2D eigenvalue weighted by atomic mass is 32.2. The summed E-state index contributed by atoms with van der Waals surface area (Å²) in [5.74, 6) is 0.977. The Balaban J connectivity index is 1.44. The molecule has 7 nitrogen and oxygen atoms in total. The molecule has 1 aromatic heterocycles. The number of benzene rings is 2. The van der Waals surface area contributed by atoms with Crippen LogP contribution in [0.2, 0.25) is 0 Å². The summed E-state index contributed by atoms with van der Waals surface area (Å²) in [6.45, 7) is 3.34. The zero-order valence-electron chi connectivity index (χ0n) is 18.7. The van der Waals surface area contributed by atoms with E-state index in [0.717, 1.165) is 34.0 Å². The number of anilines is 1. The number of methoxy groups -OCH3 is 2. The lowest BCUT2D eigenvalue weighted by atomic mass is 10.1. The summed E-state index contributed by atoms with van der Waals surface area (Å²) < 4.78 is 51.9. The molecule has 1 aliphatic rings. The van der Waals surface area contributed by atoms with Crippen molar-refractivity contribution in [2.45, 2.75) is 18.2 Å². The summed E-state index contributed by atoms with van der Waals surface area (Å²) in [6, 6.07) is 9.53. The predicted octanol–water partition coefficient (Wildman–Crippen LogP) is 3.71. The third kappa shape index (κ3) is 4.97. The molecular formula is C23H26FN3O4S2. The van der Waals surface area contributed by atoms with E-state index in [9.17, 15) is 12.8 Å². The number of aryl methyl sites for hydroxylation is 1. The molecular weight excluding hydrogens is 465 g/mol. The SMILES string of the molecule is COc1ccc(OC)c(Cc2csc(N3CCN(S(=O)(=O)c4cc(F)ccc4C)CC3)n2)c1. The van der Waals surface area contributed by atoms with Crippen molar-refractivity contribution in [2.24, 2.45) is 0 Å². The average Bonchev–Trinajstić information content (AvgIpc) is 3.29. The van der Waals surface area contributed by atoms with Crippen LogP contribution in [0.5, 0.6) is 11.5 Å².